The van der Waals surface area contributed by atoms with Gasteiger partial charge in [0.25, 0.3) is 5.56 Å². The fourth-order valence-electron chi connectivity index (χ4n) is 4.28. The zero-order chi connectivity index (χ0) is 21.4. The van der Waals surface area contributed by atoms with E-state index < -0.39 is 22.3 Å². The van der Waals surface area contributed by atoms with Crippen molar-refractivity contribution in [2.45, 2.75) is 43.4 Å². The number of benzene rings is 1. The molecule has 6 nitrogen and oxygen atoms in total. The van der Waals surface area contributed by atoms with Crippen molar-refractivity contribution in [2.24, 2.45) is 18.7 Å². The van der Waals surface area contributed by atoms with Crippen molar-refractivity contribution < 1.29 is 13.2 Å². The van der Waals surface area contributed by atoms with Crippen LogP contribution in [-0.2, 0) is 18.8 Å². The molecule has 2 heterocycles. The monoisotopic (exact) mass is 437 g/mol. The third-order valence-electron chi connectivity index (χ3n) is 6.06. The number of alkyl halides is 3. The molecule has 10 heteroatoms. The van der Waals surface area contributed by atoms with Crippen molar-refractivity contribution in [1.82, 2.24) is 19.6 Å². The quantitative estimate of drug-likeness (QED) is 0.674. The summed E-state index contributed by atoms with van der Waals surface area (Å²) in [5.74, 6) is -0.00485. The van der Waals surface area contributed by atoms with Gasteiger partial charge >= 0.3 is 6.18 Å². The Morgan fingerprint density at radius 1 is 1.20 bits per heavy atom. The fraction of sp³-hybridized carbons (Fsp3) is 0.450. The smallest absolute Gasteiger partial charge is 0.316 e. The number of aromatic nitrogens is 4. The Morgan fingerprint density at radius 3 is 2.47 bits per heavy atom. The molecule has 3 aromatic rings. The average molecular weight is 438 g/mol. The summed E-state index contributed by atoms with van der Waals surface area (Å²) in [7, 11) is 1.69. The van der Waals surface area contributed by atoms with Crippen LogP contribution in [0.5, 0.6) is 0 Å². The summed E-state index contributed by atoms with van der Waals surface area (Å²) in [6.45, 7) is 0. The summed E-state index contributed by atoms with van der Waals surface area (Å²) in [6.07, 6.45) is 0.482. The zero-order valence-corrected chi connectivity index (χ0v) is 16.8. The molecule has 1 aromatic carbocycles. The van der Waals surface area contributed by atoms with Crippen LogP contribution in [0, 0.1) is 5.92 Å². The third kappa shape index (κ3) is 2.86. The number of aryl methyl sites for hydroxylation is 1. The van der Waals surface area contributed by atoms with E-state index in [1.807, 2.05) is 0 Å². The number of nitrogens with two attached hydrogens (primary N) is 1. The highest BCUT2D eigenvalue weighted by Gasteiger charge is 2.48. The summed E-state index contributed by atoms with van der Waals surface area (Å²) in [5, 5.41) is 8.84. The van der Waals surface area contributed by atoms with Gasteiger partial charge in [-0.15, -0.1) is 0 Å². The van der Waals surface area contributed by atoms with Crippen molar-refractivity contribution in [3.05, 3.63) is 56.6 Å². The van der Waals surface area contributed by atoms with Gasteiger partial charge in [-0.05, 0) is 49.3 Å². The number of fused-ring (bicyclic) bond motifs is 1. The van der Waals surface area contributed by atoms with Crippen LogP contribution in [0.4, 0.5) is 13.2 Å². The van der Waals surface area contributed by atoms with E-state index in [2.05, 4.69) is 10.2 Å². The first-order valence-corrected chi connectivity index (χ1v) is 10.1. The maximum Gasteiger partial charge on any atom is 0.417 e. The number of hydrogen-bond donors (Lipinski definition) is 1. The molecule has 0 bridgehead atoms. The highest BCUT2D eigenvalue weighted by Crippen LogP contribution is 2.50. The Labute approximate surface area is 174 Å². The Hall–Kier alpha value is -2.39. The van der Waals surface area contributed by atoms with Crippen LogP contribution >= 0.6 is 11.6 Å². The van der Waals surface area contributed by atoms with E-state index in [1.54, 1.807) is 17.9 Å². The van der Waals surface area contributed by atoms with Crippen LogP contribution in [0.15, 0.2) is 29.2 Å². The number of nitrogens with zero attached hydrogens (tertiary/aromatic N) is 4. The SMILES string of the molecule is Cn1nc2c(=O)n(C3CC3)ncc2c1C(N)(c1ccc(C(F)(F)F)c(Cl)c1)C1CC1. The maximum absolute atomic E-state index is 13.2. The van der Waals surface area contributed by atoms with E-state index >= 15 is 0 Å². The number of rotatable bonds is 4. The highest BCUT2D eigenvalue weighted by atomic mass is 35.5. The molecule has 1 unspecified atom stereocenters. The Kier molecular flexibility index (Phi) is 4.11. The first-order valence-electron chi connectivity index (χ1n) is 9.73. The summed E-state index contributed by atoms with van der Waals surface area (Å²) in [6, 6.07) is 3.70. The van der Waals surface area contributed by atoms with Gasteiger partial charge in [0, 0.05) is 7.05 Å². The largest absolute Gasteiger partial charge is 0.417 e. The van der Waals surface area contributed by atoms with Gasteiger partial charge in [-0.3, -0.25) is 9.48 Å². The Bertz CT molecular complexity index is 1230. The van der Waals surface area contributed by atoms with E-state index in [1.165, 1.54) is 16.8 Å². The van der Waals surface area contributed by atoms with Crippen LogP contribution < -0.4 is 11.3 Å². The molecule has 0 amide bonds. The number of hydrogen-bond acceptors (Lipinski definition) is 4. The molecular weight excluding hydrogens is 419 g/mol. The summed E-state index contributed by atoms with van der Waals surface area (Å²) in [4.78, 5) is 12.9. The van der Waals surface area contributed by atoms with Crippen LogP contribution in [0.2, 0.25) is 5.02 Å². The third-order valence-corrected chi connectivity index (χ3v) is 6.38. The van der Waals surface area contributed by atoms with Gasteiger partial charge in [-0.25, -0.2) is 4.68 Å². The molecule has 0 radical (unpaired) electrons. The van der Waals surface area contributed by atoms with E-state index in [0.717, 1.165) is 31.7 Å². The minimum Gasteiger partial charge on any atom is -0.316 e. The lowest BCUT2D eigenvalue weighted by Crippen LogP contribution is -2.42. The van der Waals surface area contributed by atoms with Gasteiger partial charge in [-0.1, -0.05) is 17.7 Å². The van der Waals surface area contributed by atoms with Crippen molar-refractivity contribution in [2.75, 3.05) is 0 Å². The molecule has 5 rings (SSSR count). The van der Waals surface area contributed by atoms with Gasteiger partial charge in [0.05, 0.1) is 39.4 Å². The van der Waals surface area contributed by atoms with Crippen molar-refractivity contribution in [3.8, 4) is 0 Å². The van der Waals surface area contributed by atoms with Crippen molar-refractivity contribution >= 4 is 22.5 Å². The Balaban J connectivity index is 1.71. The molecule has 1 atom stereocenters. The second-order valence-corrected chi connectivity index (χ2v) is 8.60. The molecule has 30 heavy (non-hydrogen) atoms. The van der Waals surface area contributed by atoms with E-state index in [4.69, 9.17) is 17.3 Å². The van der Waals surface area contributed by atoms with E-state index in [-0.39, 0.29) is 23.0 Å². The first kappa shape index (κ1) is 19.6. The lowest BCUT2D eigenvalue weighted by atomic mass is 9.81. The molecule has 2 aliphatic carbocycles. The van der Waals surface area contributed by atoms with Crippen LogP contribution in [0.1, 0.15) is 48.5 Å². The molecule has 2 fully saturated rings. The van der Waals surface area contributed by atoms with Crippen molar-refractivity contribution in [1.29, 1.82) is 0 Å². The molecule has 0 saturated heterocycles. The normalized spacial score (nSPS) is 19.3. The van der Waals surface area contributed by atoms with Gasteiger partial charge in [0.15, 0.2) is 5.52 Å². The molecule has 2 aliphatic rings. The summed E-state index contributed by atoms with van der Waals surface area (Å²) >= 11 is 5.99. The molecular formula is C20H19ClF3N5O. The van der Waals surface area contributed by atoms with Crippen molar-refractivity contribution in [3.63, 3.8) is 0 Å². The van der Waals surface area contributed by atoms with E-state index in [0.29, 0.717) is 16.6 Å². The summed E-state index contributed by atoms with van der Waals surface area (Å²) < 4.78 is 42.5. The first-order chi connectivity index (χ1) is 14.1. The highest BCUT2D eigenvalue weighted by molar-refractivity contribution is 6.31. The predicted molar refractivity (Wildman–Crippen MR) is 105 cm³/mol. The lowest BCUT2D eigenvalue weighted by molar-refractivity contribution is -0.137. The predicted octanol–water partition coefficient (Wildman–Crippen LogP) is 3.75. The molecule has 2 N–H and O–H groups in total. The maximum atomic E-state index is 13.2. The topological polar surface area (TPSA) is 78.7 Å². The van der Waals surface area contributed by atoms with Crippen LogP contribution in [0.3, 0.4) is 0 Å². The molecule has 0 aliphatic heterocycles. The van der Waals surface area contributed by atoms with Gasteiger partial charge in [0.1, 0.15) is 0 Å². The molecule has 158 valence electrons. The second kappa shape index (κ2) is 6.31. The van der Waals surface area contributed by atoms with Crippen LogP contribution in [-0.4, -0.2) is 19.6 Å². The molecule has 2 saturated carbocycles. The standard InChI is InChI=1S/C20H19ClF3N5O/c1-28-17(13-9-26-29(12-5-6-12)18(30)16(13)27-28)19(25,10-2-3-10)11-4-7-14(15(21)8-11)20(22,23)24/h4,7-10,12H,2-3,5-6,25H2,1H3. The zero-order valence-electron chi connectivity index (χ0n) is 16.1. The average Bonchev–Trinajstić information content (AvgIpc) is 3.57. The van der Waals surface area contributed by atoms with Gasteiger partial charge in [0.2, 0.25) is 0 Å². The Morgan fingerprint density at radius 2 is 1.90 bits per heavy atom. The second-order valence-electron chi connectivity index (χ2n) is 8.20. The lowest BCUT2D eigenvalue weighted by Gasteiger charge is -2.31. The van der Waals surface area contributed by atoms with Crippen LogP contribution in [0.25, 0.3) is 10.9 Å². The van der Waals surface area contributed by atoms with Gasteiger partial charge in [-0.2, -0.15) is 23.4 Å². The molecule has 2 aromatic heterocycles. The van der Waals surface area contributed by atoms with Gasteiger partial charge < -0.3 is 5.73 Å². The minimum atomic E-state index is -4.55. The summed E-state index contributed by atoms with van der Waals surface area (Å²) in [5.41, 5.74) is 5.86. The fourth-order valence-corrected chi connectivity index (χ4v) is 4.57. The minimum absolute atomic E-state index is 0.00485. The number of halogens is 4. The molecule has 0 spiro atoms. The van der Waals surface area contributed by atoms with E-state index in [9.17, 15) is 18.0 Å².